The number of rotatable bonds is 4. The van der Waals surface area contributed by atoms with Gasteiger partial charge in [-0.3, -0.25) is 4.79 Å². The number of carbonyl (C=O) groups excluding carboxylic acids is 1. The Morgan fingerprint density at radius 1 is 1.19 bits per heavy atom. The minimum absolute atomic E-state index is 0.0568. The summed E-state index contributed by atoms with van der Waals surface area (Å²) in [5, 5.41) is 3.05. The van der Waals surface area contributed by atoms with Crippen molar-refractivity contribution in [2.24, 2.45) is 0 Å². The fourth-order valence-corrected chi connectivity index (χ4v) is 3.24. The van der Waals surface area contributed by atoms with Gasteiger partial charge in [-0.05, 0) is 43.7 Å². The van der Waals surface area contributed by atoms with Crippen LogP contribution in [0.3, 0.4) is 0 Å². The summed E-state index contributed by atoms with van der Waals surface area (Å²) in [6.07, 6.45) is 0. The summed E-state index contributed by atoms with van der Waals surface area (Å²) in [5.74, 6) is 2.25. The molecule has 0 fully saturated rings. The van der Waals surface area contributed by atoms with Gasteiger partial charge in [0.1, 0.15) is 25.6 Å². The lowest BCUT2D eigenvalue weighted by atomic mass is 10.1. The molecule has 2 heterocycles. The molecule has 0 radical (unpaired) electrons. The number of imidazole rings is 1. The lowest BCUT2D eigenvalue weighted by Crippen LogP contribution is -2.30. The molecule has 134 valence electrons. The molecule has 0 unspecified atom stereocenters. The van der Waals surface area contributed by atoms with Crippen molar-refractivity contribution >= 4 is 16.9 Å². The quantitative estimate of drug-likeness (QED) is 0.785. The van der Waals surface area contributed by atoms with Gasteiger partial charge in [0.15, 0.2) is 11.5 Å². The Morgan fingerprint density at radius 3 is 2.81 bits per heavy atom. The predicted octanol–water partition coefficient (Wildman–Crippen LogP) is 2.99. The average molecular weight is 351 g/mol. The molecule has 2 aromatic carbocycles. The van der Waals surface area contributed by atoms with Gasteiger partial charge in [-0.1, -0.05) is 18.2 Å². The maximum Gasteiger partial charge on any atom is 0.240 e. The zero-order valence-corrected chi connectivity index (χ0v) is 14.9. The predicted molar refractivity (Wildman–Crippen MR) is 98.5 cm³/mol. The summed E-state index contributed by atoms with van der Waals surface area (Å²) in [5.41, 5.74) is 2.85. The van der Waals surface area contributed by atoms with Crippen LogP contribution >= 0.6 is 0 Å². The van der Waals surface area contributed by atoms with E-state index >= 15 is 0 Å². The van der Waals surface area contributed by atoms with Gasteiger partial charge < -0.3 is 19.4 Å². The average Bonchev–Trinajstić information content (AvgIpc) is 2.96. The Kier molecular flexibility index (Phi) is 4.24. The molecule has 6 heteroatoms. The van der Waals surface area contributed by atoms with E-state index in [0.29, 0.717) is 13.2 Å². The number of fused-ring (bicyclic) bond motifs is 2. The smallest absolute Gasteiger partial charge is 0.240 e. The van der Waals surface area contributed by atoms with Crippen molar-refractivity contribution in [3.8, 4) is 11.5 Å². The normalized spacial score (nSPS) is 14.2. The maximum atomic E-state index is 12.6. The Hall–Kier alpha value is -3.02. The standard InChI is InChI=1S/C20H21N3O3/c1-13(15-7-8-18-19(11-15)26-10-9-25-18)21-20(24)12-23-14(2)22-16-5-3-4-6-17(16)23/h3-8,11,13H,9-10,12H2,1-2H3,(H,21,24)/t13-/m1/s1. The monoisotopic (exact) mass is 351 g/mol. The molecule has 1 aromatic heterocycles. The van der Waals surface area contributed by atoms with E-state index in [1.807, 2.05) is 60.9 Å². The second-order valence-electron chi connectivity index (χ2n) is 6.43. The molecule has 0 spiro atoms. The Balaban J connectivity index is 1.48. The molecule has 26 heavy (non-hydrogen) atoms. The van der Waals surface area contributed by atoms with Gasteiger partial charge in [0.05, 0.1) is 17.1 Å². The van der Waals surface area contributed by atoms with Crippen LogP contribution in [0.15, 0.2) is 42.5 Å². The Labute approximate surface area is 151 Å². The van der Waals surface area contributed by atoms with Crippen molar-refractivity contribution < 1.29 is 14.3 Å². The van der Waals surface area contributed by atoms with Gasteiger partial charge in [-0.25, -0.2) is 4.98 Å². The summed E-state index contributed by atoms with van der Waals surface area (Å²) >= 11 is 0. The van der Waals surface area contributed by atoms with Gasteiger partial charge in [0.2, 0.25) is 5.91 Å². The van der Waals surface area contributed by atoms with Crippen LogP contribution in [0.4, 0.5) is 0 Å². The third-order valence-electron chi connectivity index (χ3n) is 4.59. The highest BCUT2D eigenvalue weighted by Crippen LogP contribution is 2.32. The molecule has 1 aliphatic heterocycles. The van der Waals surface area contributed by atoms with Crippen molar-refractivity contribution in [1.29, 1.82) is 0 Å². The first-order chi connectivity index (χ1) is 12.6. The van der Waals surface area contributed by atoms with Gasteiger partial charge in [-0.15, -0.1) is 0 Å². The fourth-order valence-electron chi connectivity index (χ4n) is 3.24. The topological polar surface area (TPSA) is 65.4 Å². The number of nitrogens with one attached hydrogen (secondary N) is 1. The highest BCUT2D eigenvalue weighted by Gasteiger charge is 2.17. The van der Waals surface area contributed by atoms with Crippen LogP contribution in [0, 0.1) is 6.92 Å². The van der Waals surface area contributed by atoms with Crippen LogP contribution in [0.1, 0.15) is 24.4 Å². The van der Waals surface area contributed by atoms with E-state index in [1.54, 1.807) is 0 Å². The summed E-state index contributed by atoms with van der Waals surface area (Å²) in [6.45, 7) is 5.22. The fraction of sp³-hybridized carbons (Fsp3) is 0.300. The van der Waals surface area contributed by atoms with Crippen LogP contribution in [0.25, 0.3) is 11.0 Å². The Morgan fingerprint density at radius 2 is 1.96 bits per heavy atom. The lowest BCUT2D eigenvalue weighted by molar-refractivity contribution is -0.122. The first-order valence-electron chi connectivity index (χ1n) is 8.72. The highest BCUT2D eigenvalue weighted by molar-refractivity contribution is 5.81. The number of aryl methyl sites for hydroxylation is 1. The molecule has 0 bridgehead atoms. The minimum Gasteiger partial charge on any atom is -0.486 e. The molecular weight excluding hydrogens is 330 g/mol. The first-order valence-corrected chi connectivity index (χ1v) is 8.72. The van der Waals surface area contributed by atoms with Gasteiger partial charge >= 0.3 is 0 Å². The summed E-state index contributed by atoms with van der Waals surface area (Å²) in [4.78, 5) is 17.1. The second-order valence-corrected chi connectivity index (χ2v) is 6.43. The maximum absolute atomic E-state index is 12.6. The number of hydrogen-bond acceptors (Lipinski definition) is 4. The van der Waals surface area contributed by atoms with E-state index in [-0.39, 0.29) is 18.5 Å². The van der Waals surface area contributed by atoms with E-state index in [1.165, 1.54) is 0 Å². The van der Waals surface area contributed by atoms with Crippen molar-refractivity contribution in [1.82, 2.24) is 14.9 Å². The molecule has 6 nitrogen and oxygen atoms in total. The molecule has 1 atom stereocenters. The zero-order chi connectivity index (χ0) is 18.1. The van der Waals surface area contributed by atoms with Crippen molar-refractivity contribution in [2.45, 2.75) is 26.4 Å². The largest absolute Gasteiger partial charge is 0.486 e. The number of benzene rings is 2. The molecule has 4 rings (SSSR count). The van der Waals surface area contributed by atoms with Gasteiger partial charge in [0.25, 0.3) is 0 Å². The van der Waals surface area contributed by atoms with Crippen LogP contribution in [-0.2, 0) is 11.3 Å². The highest BCUT2D eigenvalue weighted by atomic mass is 16.6. The van der Waals surface area contributed by atoms with E-state index in [0.717, 1.165) is 33.9 Å². The van der Waals surface area contributed by atoms with Crippen LogP contribution in [0.5, 0.6) is 11.5 Å². The van der Waals surface area contributed by atoms with Gasteiger partial charge in [-0.2, -0.15) is 0 Å². The summed E-state index contributed by atoms with van der Waals surface area (Å²) < 4.78 is 13.1. The minimum atomic E-state index is -0.131. The SMILES string of the molecule is Cc1nc2ccccc2n1CC(=O)N[C@H](C)c1ccc2c(c1)OCCO2. The number of hydrogen-bond donors (Lipinski definition) is 1. The first kappa shape index (κ1) is 16.4. The van der Waals surface area contributed by atoms with Crippen molar-refractivity contribution in [3.05, 3.63) is 53.9 Å². The third kappa shape index (κ3) is 3.10. The number of ether oxygens (including phenoxy) is 2. The zero-order valence-electron chi connectivity index (χ0n) is 14.9. The molecule has 0 saturated heterocycles. The Bertz CT molecular complexity index is 964. The molecule has 1 N–H and O–H groups in total. The van der Waals surface area contributed by atoms with E-state index in [9.17, 15) is 4.79 Å². The van der Waals surface area contributed by atoms with Crippen LogP contribution < -0.4 is 14.8 Å². The lowest BCUT2D eigenvalue weighted by Gasteiger charge is -2.21. The van der Waals surface area contributed by atoms with E-state index in [4.69, 9.17) is 9.47 Å². The molecule has 1 amide bonds. The number of carbonyl (C=O) groups is 1. The van der Waals surface area contributed by atoms with Crippen LogP contribution in [-0.4, -0.2) is 28.7 Å². The summed E-state index contributed by atoms with van der Waals surface area (Å²) in [7, 11) is 0. The molecule has 3 aromatic rings. The van der Waals surface area contributed by atoms with E-state index < -0.39 is 0 Å². The number of nitrogens with zero attached hydrogens (tertiary/aromatic N) is 2. The number of amides is 1. The third-order valence-corrected chi connectivity index (χ3v) is 4.59. The van der Waals surface area contributed by atoms with Crippen LogP contribution in [0.2, 0.25) is 0 Å². The number of para-hydroxylation sites is 2. The van der Waals surface area contributed by atoms with Crippen molar-refractivity contribution in [3.63, 3.8) is 0 Å². The molecule has 1 aliphatic rings. The van der Waals surface area contributed by atoms with Gasteiger partial charge in [0, 0.05) is 0 Å². The summed E-state index contributed by atoms with van der Waals surface area (Å²) in [6, 6.07) is 13.5. The van der Waals surface area contributed by atoms with E-state index in [2.05, 4.69) is 10.3 Å². The second kappa shape index (κ2) is 6.71. The molecular formula is C20H21N3O3. The van der Waals surface area contributed by atoms with Crippen molar-refractivity contribution in [2.75, 3.05) is 13.2 Å². The number of aromatic nitrogens is 2. The molecule has 0 aliphatic carbocycles. The molecule has 0 saturated carbocycles.